The Morgan fingerprint density at radius 1 is 0.852 bits per heavy atom. The van der Waals surface area contributed by atoms with Gasteiger partial charge in [0, 0.05) is 11.1 Å². The molecular weight excluding hydrogens is 349 g/mol. The molecule has 3 aromatic carbocycles. The largest absolute Gasteiger partial charge is 0.456 e. The molecule has 6 heteroatoms. The molecule has 0 aliphatic carbocycles. The van der Waals surface area contributed by atoms with Crippen molar-refractivity contribution >= 4 is 28.4 Å². The maximum atomic E-state index is 13.1. The molecule has 0 saturated carbocycles. The van der Waals surface area contributed by atoms with Gasteiger partial charge in [0.25, 0.3) is 5.91 Å². The van der Waals surface area contributed by atoms with Crippen molar-refractivity contribution in [2.24, 2.45) is 0 Å². The van der Waals surface area contributed by atoms with Crippen LogP contribution in [0.1, 0.15) is 20.7 Å². The lowest BCUT2D eigenvalue weighted by atomic mass is 10.1. The van der Waals surface area contributed by atoms with E-state index in [1.165, 1.54) is 18.2 Å². The Kier molecular flexibility index (Phi) is 5.56. The number of rotatable bonds is 6. The monoisotopic (exact) mass is 365 g/mol. The Morgan fingerprint density at radius 3 is 2.41 bits per heavy atom. The number of carbonyl (C=O) groups excluding carboxylic acids is 3. The van der Waals surface area contributed by atoms with E-state index in [9.17, 15) is 18.8 Å². The first kappa shape index (κ1) is 18.3. The second-order valence-electron chi connectivity index (χ2n) is 5.84. The lowest BCUT2D eigenvalue weighted by Gasteiger charge is -2.07. The van der Waals surface area contributed by atoms with E-state index in [1.807, 2.05) is 30.3 Å². The van der Waals surface area contributed by atoms with Crippen LogP contribution in [0.3, 0.4) is 0 Å². The zero-order chi connectivity index (χ0) is 19.2. The summed E-state index contributed by atoms with van der Waals surface area (Å²) < 4.78 is 17.9. The Balaban J connectivity index is 1.50. The maximum absolute atomic E-state index is 13.1. The van der Waals surface area contributed by atoms with Crippen LogP contribution in [0.25, 0.3) is 10.8 Å². The Bertz CT molecular complexity index is 1020. The van der Waals surface area contributed by atoms with Crippen molar-refractivity contribution in [2.75, 3.05) is 13.2 Å². The molecule has 0 unspecified atom stereocenters. The molecule has 1 amide bonds. The molecule has 3 rings (SSSR count). The quantitative estimate of drug-likeness (QED) is 0.538. The molecule has 1 N–H and O–H groups in total. The van der Waals surface area contributed by atoms with E-state index in [4.69, 9.17) is 4.74 Å². The second-order valence-corrected chi connectivity index (χ2v) is 5.84. The number of hydrogen-bond donors (Lipinski definition) is 1. The number of nitrogens with one attached hydrogen (secondary N) is 1. The highest BCUT2D eigenvalue weighted by molar-refractivity contribution is 6.00. The molecule has 0 saturated heterocycles. The SMILES string of the molecule is O=C(CNC(=O)c1ccc2ccccc2c1)OCC(=O)c1cccc(F)c1. The fourth-order valence-corrected chi connectivity index (χ4v) is 2.53. The molecule has 0 aliphatic heterocycles. The van der Waals surface area contributed by atoms with Crippen molar-refractivity contribution in [2.45, 2.75) is 0 Å². The van der Waals surface area contributed by atoms with Crippen molar-refractivity contribution in [3.05, 3.63) is 83.7 Å². The third-order valence-corrected chi connectivity index (χ3v) is 3.92. The van der Waals surface area contributed by atoms with Gasteiger partial charge in [-0.1, -0.05) is 42.5 Å². The van der Waals surface area contributed by atoms with E-state index in [1.54, 1.807) is 12.1 Å². The van der Waals surface area contributed by atoms with Crippen molar-refractivity contribution < 1.29 is 23.5 Å². The van der Waals surface area contributed by atoms with Crippen LogP contribution in [-0.4, -0.2) is 30.8 Å². The first-order valence-corrected chi connectivity index (χ1v) is 8.24. The molecule has 0 aliphatic rings. The van der Waals surface area contributed by atoms with E-state index in [2.05, 4.69) is 5.32 Å². The number of halogens is 1. The van der Waals surface area contributed by atoms with Gasteiger partial charge >= 0.3 is 5.97 Å². The molecule has 0 heterocycles. The van der Waals surface area contributed by atoms with Crippen LogP contribution < -0.4 is 5.32 Å². The lowest BCUT2D eigenvalue weighted by Crippen LogP contribution is -2.31. The summed E-state index contributed by atoms with van der Waals surface area (Å²) in [6, 6.07) is 17.9. The molecule has 0 radical (unpaired) electrons. The van der Waals surface area contributed by atoms with Gasteiger partial charge in [-0.25, -0.2) is 4.39 Å². The number of benzene rings is 3. The summed E-state index contributed by atoms with van der Waals surface area (Å²) in [6.07, 6.45) is 0. The Hall–Kier alpha value is -3.54. The van der Waals surface area contributed by atoms with E-state index < -0.39 is 30.1 Å². The van der Waals surface area contributed by atoms with Crippen molar-refractivity contribution in [1.82, 2.24) is 5.32 Å². The predicted octanol–water partition coefficient (Wildman–Crippen LogP) is 3.13. The lowest BCUT2D eigenvalue weighted by molar-refractivity contribution is -0.141. The fraction of sp³-hybridized carbons (Fsp3) is 0.0952. The topological polar surface area (TPSA) is 72.5 Å². The standard InChI is InChI=1S/C21H16FNO4/c22-18-7-3-6-16(11-18)19(24)13-27-20(25)12-23-21(26)17-9-8-14-4-1-2-5-15(14)10-17/h1-11H,12-13H2,(H,23,26). The second kappa shape index (κ2) is 8.23. The summed E-state index contributed by atoms with van der Waals surface area (Å²) in [6.45, 7) is -0.893. The zero-order valence-electron chi connectivity index (χ0n) is 14.3. The van der Waals surface area contributed by atoms with Crippen LogP contribution in [0.15, 0.2) is 66.7 Å². The minimum atomic E-state index is -0.756. The zero-order valence-corrected chi connectivity index (χ0v) is 14.3. The molecule has 5 nitrogen and oxygen atoms in total. The molecule has 0 aromatic heterocycles. The van der Waals surface area contributed by atoms with Crippen LogP contribution >= 0.6 is 0 Å². The number of Topliss-reactive ketones (excluding diaryl/α,β-unsaturated/α-hetero) is 1. The highest BCUT2D eigenvalue weighted by Gasteiger charge is 2.13. The van der Waals surface area contributed by atoms with E-state index >= 15 is 0 Å². The normalized spacial score (nSPS) is 10.4. The molecule has 0 fully saturated rings. The first-order chi connectivity index (χ1) is 13.0. The average Bonchev–Trinajstić information content (AvgIpc) is 2.69. The number of carbonyl (C=O) groups is 3. The number of esters is 1. The predicted molar refractivity (Wildman–Crippen MR) is 98.0 cm³/mol. The van der Waals surface area contributed by atoms with Crippen LogP contribution in [0.2, 0.25) is 0 Å². The molecule has 136 valence electrons. The average molecular weight is 365 g/mol. The molecule has 27 heavy (non-hydrogen) atoms. The highest BCUT2D eigenvalue weighted by Crippen LogP contribution is 2.15. The van der Waals surface area contributed by atoms with Crippen LogP contribution in [-0.2, 0) is 9.53 Å². The first-order valence-electron chi connectivity index (χ1n) is 8.24. The van der Waals surface area contributed by atoms with Crippen molar-refractivity contribution in [3.8, 4) is 0 Å². The number of amides is 1. The smallest absolute Gasteiger partial charge is 0.325 e. The summed E-state index contributed by atoms with van der Waals surface area (Å²) in [7, 11) is 0. The number of fused-ring (bicyclic) bond motifs is 1. The summed E-state index contributed by atoms with van der Waals surface area (Å²) in [5, 5.41) is 4.37. The van der Waals surface area contributed by atoms with Gasteiger partial charge in [-0.2, -0.15) is 0 Å². The third-order valence-electron chi connectivity index (χ3n) is 3.92. The van der Waals surface area contributed by atoms with Gasteiger partial charge < -0.3 is 10.1 Å². The van der Waals surface area contributed by atoms with Gasteiger partial charge in [0.15, 0.2) is 12.4 Å². The highest BCUT2D eigenvalue weighted by atomic mass is 19.1. The number of hydrogen-bond acceptors (Lipinski definition) is 4. The van der Waals surface area contributed by atoms with Crippen LogP contribution in [0, 0.1) is 5.82 Å². The van der Waals surface area contributed by atoms with E-state index in [0.29, 0.717) is 5.56 Å². The molecule has 3 aromatic rings. The molecule has 0 spiro atoms. The summed E-state index contributed by atoms with van der Waals surface area (Å²) >= 11 is 0. The van der Waals surface area contributed by atoms with Gasteiger partial charge in [0.05, 0.1) is 0 Å². The third kappa shape index (κ3) is 4.76. The van der Waals surface area contributed by atoms with Gasteiger partial charge in [0.2, 0.25) is 0 Å². The van der Waals surface area contributed by atoms with Gasteiger partial charge in [-0.05, 0) is 35.0 Å². The summed E-state index contributed by atoms with van der Waals surface area (Å²) in [5.74, 6) is -2.25. The fourth-order valence-electron chi connectivity index (χ4n) is 2.53. The van der Waals surface area contributed by atoms with Gasteiger partial charge in [0.1, 0.15) is 12.4 Å². The van der Waals surface area contributed by atoms with Crippen molar-refractivity contribution in [3.63, 3.8) is 0 Å². The van der Waals surface area contributed by atoms with E-state index in [-0.39, 0.29) is 12.1 Å². The molecular formula is C21H16FNO4. The molecule has 0 atom stereocenters. The van der Waals surface area contributed by atoms with E-state index in [0.717, 1.165) is 16.8 Å². The minimum absolute atomic E-state index is 0.114. The van der Waals surface area contributed by atoms with Crippen LogP contribution in [0.5, 0.6) is 0 Å². The Labute approximate surface area is 154 Å². The van der Waals surface area contributed by atoms with Gasteiger partial charge in [-0.3, -0.25) is 14.4 Å². The minimum Gasteiger partial charge on any atom is -0.456 e. The summed E-state index contributed by atoms with van der Waals surface area (Å²) in [5.41, 5.74) is 0.528. The maximum Gasteiger partial charge on any atom is 0.325 e. The summed E-state index contributed by atoms with van der Waals surface area (Å²) in [4.78, 5) is 35.7. The van der Waals surface area contributed by atoms with Crippen LogP contribution in [0.4, 0.5) is 4.39 Å². The number of ether oxygens (including phenoxy) is 1. The number of ketones is 1. The molecule has 0 bridgehead atoms. The Morgan fingerprint density at radius 2 is 1.63 bits per heavy atom. The van der Waals surface area contributed by atoms with Gasteiger partial charge in [-0.15, -0.1) is 0 Å². The van der Waals surface area contributed by atoms with Crippen molar-refractivity contribution in [1.29, 1.82) is 0 Å².